The van der Waals surface area contributed by atoms with Crippen LogP contribution in [0.5, 0.6) is 11.5 Å². The van der Waals surface area contributed by atoms with E-state index in [-0.39, 0.29) is 23.7 Å². The van der Waals surface area contributed by atoms with Crippen molar-refractivity contribution in [1.82, 2.24) is 14.9 Å². The monoisotopic (exact) mass is 571 g/mol. The predicted octanol–water partition coefficient (Wildman–Crippen LogP) is 6.13. The van der Waals surface area contributed by atoms with Gasteiger partial charge in [0, 0.05) is 57.0 Å². The standard InChI is InChI=1S/C31H30FN5O5/c1-19-3-8-26(32)27(15-19)36-31(40)35-22-4-6-23(7-5-22)42-25-9-12-33-29(17-25)28-16-21(18-34-28)30(39)37-13-10-24(11-14-37)41-20(2)38/h3-9,12,15-18,24,34H,10-11,13-14H2,1-2H3,(H2,35,36,40). The van der Waals surface area contributed by atoms with Gasteiger partial charge in [-0.2, -0.15) is 0 Å². The van der Waals surface area contributed by atoms with E-state index in [1.165, 1.54) is 13.0 Å². The van der Waals surface area contributed by atoms with Gasteiger partial charge in [0.05, 0.1) is 22.6 Å². The minimum atomic E-state index is -0.567. The number of urea groups is 1. The van der Waals surface area contributed by atoms with Crippen molar-refractivity contribution in [3.63, 3.8) is 0 Å². The van der Waals surface area contributed by atoms with E-state index in [1.54, 1.807) is 71.9 Å². The summed E-state index contributed by atoms with van der Waals surface area (Å²) in [4.78, 5) is 45.8. The molecule has 1 aliphatic rings. The van der Waals surface area contributed by atoms with Crippen LogP contribution in [0, 0.1) is 12.7 Å². The van der Waals surface area contributed by atoms with Crippen molar-refractivity contribution in [3.8, 4) is 22.9 Å². The predicted molar refractivity (Wildman–Crippen MR) is 155 cm³/mol. The molecule has 2 aromatic carbocycles. The number of benzene rings is 2. The second kappa shape index (κ2) is 12.5. The Morgan fingerprint density at radius 1 is 0.976 bits per heavy atom. The summed E-state index contributed by atoms with van der Waals surface area (Å²) >= 11 is 0. The van der Waals surface area contributed by atoms with Crippen molar-refractivity contribution in [2.75, 3.05) is 23.7 Å². The second-order valence-electron chi connectivity index (χ2n) is 9.97. The quantitative estimate of drug-likeness (QED) is 0.229. The van der Waals surface area contributed by atoms with E-state index in [9.17, 15) is 18.8 Å². The molecular weight excluding hydrogens is 541 g/mol. The fraction of sp³-hybridized carbons (Fsp3) is 0.226. The number of esters is 1. The maximum atomic E-state index is 13.9. The summed E-state index contributed by atoms with van der Waals surface area (Å²) in [5.41, 5.74) is 3.20. The number of aromatic nitrogens is 2. The van der Waals surface area contributed by atoms with Gasteiger partial charge >= 0.3 is 12.0 Å². The van der Waals surface area contributed by atoms with Crippen LogP contribution in [0.3, 0.4) is 0 Å². The molecule has 3 heterocycles. The van der Waals surface area contributed by atoms with Gasteiger partial charge < -0.3 is 30.0 Å². The minimum Gasteiger partial charge on any atom is -0.462 e. The van der Waals surface area contributed by atoms with E-state index in [0.29, 0.717) is 60.1 Å². The second-order valence-corrected chi connectivity index (χ2v) is 9.97. The Morgan fingerprint density at radius 3 is 2.48 bits per heavy atom. The average Bonchev–Trinajstić information content (AvgIpc) is 3.47. The fourth-order valence-electron chi connectivity index (χ4n) is 4.64. The topological polar surface area (TPSA) is 126 Å². The van der Waals surface area contributed by atoms with Crippen LogP contribution in [0.4, 0.5) is 20.6 Å². The van der Waals surface area contributed by atoms with Crippen LogP contribution in [-0.2, 0) is 9.53 Å². The summed E-state index contributed by atoms with van der Waals surface area (Å²) in [5.74, 6) is 0.139. The van der Waals surface area contributed by atoms with Crippen LogP contribution >= 0.6 is 0 Å². The number of aryl methyl sites for hydroxylation is 1. The Hall–Kier alpha value is -5.19. The molecule has 2 aromatic heterocycles. The van der Waals surface area contributed by atoms with Gasteiger partial charge in [0.1, 0.15) is 23.4 Å². The van der Waals surface area contributed by atoms with E-state index in [2.05, 4.69) is 20.6 Å². The number of halogens is 1. The number of anilines is 2. The third-order valence-corrected chi connectivity index (χ3v) is 6.72. The zero-order valence-electron chi connectivity index (χ0n) is 23.1. The molecule has 5 rings (SSSR count). The molecule has 0 unspecified atom stereocenters. The van der Waals surface area contributed by atoms with Gasteiger partial charge in [-0.15, -0.1) is 0 Å². The van der Waals surface area contributed by atoms with Gasteiger partial charge in [-0.3, -0.25) is 14.6 Å². The van der Waals surface area contributed by atoms with E-state index >= 15 is 0 Å². The third-order valence-electron chi connectivity index (χ3n) is 6.72. The first-order valence-electron chi connectivity index (χ1n) is 13.5. The molecule has 10 nitrogen and oxygen atoms in total. The number of likely N-dealkylation sites (tertiary alicyclic amines) is 1. The molecule has 11 heteroatoms. The summed E-state index contributed by atoms with van der Waals surface area (Å²) in [6.07, 6.45) is 4.34. The van der Waals surface area contributed by atoms with Crippen molar-refractivity contribution in [3.05, 3.63) is 90.0 Å². The van der Waals surface area contributed by atoms with Crippen LogP contribution in [0.1, 0.15) is 35.7 Å². The Morgan fingerprint density at radius 2 is 1.74 bits per heavy atom. The van der Waals surface area contributed by atoms with E-state index in [1.807, 2.05) is 6.92 Å². The van der Waals surface area contributed by atoms with E-state index < -0.39 is 11.8 Å². The number of piperidine rings is 1. The molecule has 0 aliphatic carbocycles. The number of pyridine rings is 1. The molecule has 0 spiro atoms. The lowest BCUT2D eigenvalue weighted by Gasteiger charge is -2.31. The van der Waals surface area contributed by atoms with Crippen molar-refractivity contribution in [1.29, 1.82) is 0 Å². The highest BCUT2D eigenvalue weighted by atomic mass is 19.1. The van der Waals surface area contributed by atoms with Gasteiger partial charge in [-0.25, -0.2) is 9.18 Å². The van der Waals surface area contributed by atoms with Crippen LogP contribution in [0.15, 0.2) is 73.1 Å². The number of aromatic amines is 1. The van der Waals surface area contributed by atoms with Gasteiger partial charge in [-0.05, 0) is 61.0 Å². The summed E-state index contributed by atoms with van der Waals surface area (Å²) < 4.78 is 25.2. The number of amides is 3. The number of rotatable bonds is 7. The van der Waals surface area contributed by atoms with E-state index in [4.69, 9.17) is 9.47 Å². The highest BCUT2D eigenvalue weighted by molar-refractivity contribution is 6.00. The summed E-state index contributed by atoms with van der Waals surface area (Å²) in [5, 5.41) is 5.17. The van der Waals surface area contributed by atoms with Gasteiger partial charge in [-0.1, -0.05) is 6.07 Å². The van der Waals surface area contributed by atoms with Crippen LogP contribution in [-0.4, -0.2) is 52.0 Å². The number of carbonyl (C=O) groups excluding carboxylic acids is 3. The minimum absolute atomic E-state index is 0.0976. The first-order valence-corrected chi connectivity index (χ1v) is 13.5. The van der Waals surface area contributed by atoms with Crippen molar-refractivity contribution in [2.24, 2.45) is 0 Å². The van der Waals surface area contributed by atoms with Crippen LogP contribution in [0.25, 0.3) is 11.4 Å². The van der Waals surface area contributed by atoms with E-state index in [0.717, 1.165) is 5.56 Å². The smallest absolute Gasteiger partial charge is 0.323 e. The Bertz CT molecular complexity index is 1600. The van der Waals surface area contributed by atoms with Crippen molar-refractivity contribution in [2.45, 2.75) is 32.8 Å². The molecule has 3 amide bonds. The number of hydrogen-bond donors (Lipinski definition) is 3. The Balaban J connectivity index is 1.17. The molecule has 0 atom stereocenters. The molecule has 4 aromatic rings. The highest BCUT2D eigenvalue weighted by Crippen LogP contribution is 2.27. The fourth-order valence-corrected chi connectivity index (χ4v) is 4.64. The lowest BCUT2D eigenvalue weighted by atomic mass is 10.1. The molecular formula is C31H30FN5O5. The molecule has 1 aliphatic heterocycles. The van der Waals surface area contributed by atoms with Crippen molar-refractivity contribution >= 4 is 29.3 Å². The average molecular weight is 572 g/mol. The summed E-state index contributed by atoms with van der Waals surface area (Å²) in [6.45, 7) is 4.23. The highest BCUT2D eigenvalue weighted by Gasteiger charge is 2.26. The van der Waals surface area contributed by atoms with Crippen LogP contribution < -0.4 is 15.4 Å². The Kier molecular flexibility index (Phi) is 8.47. The summed E-state index contributed by atoms with van der Waals surface area (Å²) in [6, 6.07) is 15.8. The lowest BCUT2D eigenvalue weighted by Crippen LogP contribution is -2.41. The number of hydrogen-bond acceptors (Lipinski definition) is 6. The van der Waals surface area contributed by atoms with Gasteiger partial charge in [0.15, 0.2) is 0 Å². The number of carbonyl (C=O) groups is 3. The summed E-state index contributed by atoms with van der Waals surface area (Å²) in [7, 11) is 0. The SMILES string of the molecule is CC(=O)OC1CCN(C(=O)c2c[nH]c(-c3cc(Oc4ccc(NC(=O)Nc5cc(C)ccc5F)cc4)ccn3)c2)CC1. The zero-order valence-corrected chi connectivity index (χ0v) is 23.1. The number of nitrogens with one attached hydrogen (secondary N) is 3. The maximum Gasteiger partial charge on any atom is 0.323 e. The normalized spacial score (nSPS) is 13.4. The molecule has 0 radical (unpaired) electrons. The lowest BCUT2D eigenvalue weighted by molar-refractivity contribution is -0.148. The molecule has 1 saturated heterocycles. The van der Waals surface area contributed by atoms with Crippen LogP contribution in [0.2, 0.25) is 0 Å². The largest absolute Gasteiger partial charge is 0.462 e. The molecule has 3 N–H and O–H groups in total. The third kappa shape index (κ3) is 7.11. The zero-order chi connectivity index (χ0) is 29.6. The molecule has 1 fully saturated rings. The number of nitrogens with zero attached hydrogens (tertiary/aromatic N) is 2. The first kappa shape index (κ1) is 28.3. The molecule has 216 valence electrons. The molecule has 0 bridgehead atoms. The number of H-pyrrole nitrogens is 1. The maximum absolute atomic E-state index is 13.9. The number of ether oxygens (including phenoxy) is 2. The van der Waals surface area contributed by atoms with Crippen molar-refractivity contribution < 1.29 is 28.2 Å². The first-order chi connectivity index (χ1) is 20.2. The Labute approximate surface area is 241 Å². The van der Waals surface area contributed by atoms with Gasteiger partial charge in [0.2, 0.25) is 0 Å². The molecule has 42 heavy (non-hydrogen) atoms. The van der Waals surface area contributed by atoms with Gasteiger partial charge in [0.25, 0.3) is 5.91 Å². The molecule has 0 saturated carbocycles.